The van der Waals surface area contributed by atoms with Crippen molar-refractivity contribution in [3.63, 3.8) is 0 Å². The van der Waals surface area contributed by atoms with Crippen LogP contribution in [0.3, 0.4) is 0 Å². The molecule has 0 saturated carbocycles. The summed E-state index contributed by atoms with van der Waals surface area (Å²) in [6.45, 7) is 0.594. The summed E-state index contributed by atoms with van der Waals surface area (Å²) >= 11 is 4.46. The molecule has 0 atom stereocenters. The summed E-state index contributed by atoms with van der Waals surface area (Å²) in [4.78, 5) is 11.6. The smallest absolute Gasteiger partial charge is 0.348 e. The Hall–Kier alpha value is -1.40. The molecule has 3 rings (SSSR count). The molecular formula is C13H9BrFNO2S. The minimum absolute atomic E-state index is 0.206. The molecule has 1 aromatic carbocycles. The number of nitrogens with zero attached hydrogens (tertiary/aromatic N) is 1. The molecule has 1 aliphatic heterocycles. The average Bonchev–Trinajstić information content (AvgIpc) is 2.65. The molecule has 3 nitrogen and oxygen atoms in total. The van der Waals surface area contributed by atoms with E-state index in [-0.39, 0.29) is 4.88 Å². The number of carboxylic acid groups (broad SMARTS) is 1. The molecule has 98 valence electrons. The second-order valence-corrected chi connectivity index (χ2v) is 6.09. The lowest BCUT2D eigenvalue weighted by atomic mass is 10.1. The Bertz CT molecular complexity index is 671. The SMILES string of the molecule is O=C(O)c1sc2c(c1F)CCN(Br)c1ccccc1-2. The lowest BCUT2D eigenvalue weighted by molar-refractivity contribution is 0.0697. The Morgan fingerprint density at radius 3 is 2.89 bits per heavy atom. The maximum atomic E-state index is 14.2. The Balaban J connectivity index is 2.28. The quantitative estimate of drug-likeness (QED) is 0.799. The van der Waals surface area contributed by atoms with Gasteiger partial charge in [0.2, 0.25) is 0 Å². The van der Waals surface area contributed by atoms with Gasteiger partial charge in [0.05, 0.1) is 5.69 Å². The molecule has 0 aliphatic carbocycles. The van der Waals surface area contributed by atoms with Gasteiger partial charge in [0.1, 0.15) is 4.88 Å². The van der Waals surface area contributed by atoms with E-state index in [1.54, 1.807) is 0 Å². The van der Waals surface area contributed by atoms with Crippen molar-refractivity contribution in [2.24, 2.45) is 0 Å². The van der Waals surface area contributed by atoms with Crippen molar-refractivity contribution in [2.75, 3.05) is 10.5 Å². The van der Waals surface area contributed by atoms with Gasteiger partial charge in [-0.1, -0.05) is 18.2 Å². The number of hydrogen-bond donors (Lipinski definition) is 1. The highest BCUT2D eigenvalue weighted by molar-refractivity contribution is 9.10. The summed E-state index contributed by atoms with van der Waals surface area (Å²) in [5.41, 5.74) is 2.29. The summed E-state index contributed by atoms with van der Waals surface area (Å²) in [7, 11) is 0. The van der Waals surface area contributed by atoms with Crippen molar-refractivity contribution in [3.05, 3.63) is 40.5 Å². The molecule has 0 bridgehead atoms. The lowest BCUT2D eigenvalue weighted by Crippen LogP contribution is -2.12. The topological polar surface area (TPSA) is 40.5 Å². The minimum Gasteiger partial charge on any atom is -0.477 e. The molecular weight excluding hydrogens is 333 g/mol. The maximum absolute atomic E-state index is 14.2. The second kappa shape index (κ2) is 4.61. The number of anilines is 1. The van der Waals surface area contributed by atoms with Gasteiger partial charge in [0.15, 0.2) is 5.82 Å². The molecule has 1 aromatic heterocycles. The second-order valence-electron chi connectivity index (χ2n) is 4.21. The highest BCUT2D eigenvalue weighted by atomic mass is 79.9. The molecule has 19 heavy (non-hydrogen) atoms. The van der Waals surface area contributed by atoms with E-state index in [1.165, 1.54) is 0 Å². The predicted molar refractivity (Wildman–Crippen MR) is 76.6 cm³/mol. The fourth-order valence-corrected chi connectivity index (χ4v) is 3.82. The number of fused-ring (bicyclic) bond motifs is 3. The van der Waals surface area contributed by atoms with Crippen LogP contribution in [0.4, 0.5) is 10.1 Å². The van der Waals surface area contributed by atoms with Crippen LogP contribution in [0.25, 0.3) is 10.4 Å². The van der Waals surface area contributed by atoms with E-state index in [1.807, 2.05) is 28.2 Å². The first kappa shape index (κ1) is 12.6. The summed E-state index contributed by atoms with van der Waals surface area (Å²) in [5.74, 6) is -1.80. The van der Waals surface area contributed by atoms with Crippen LogP contribution in [-0.4, -0.2) is 17.6 Å². The van der Waals surface area contributed by atoms with E-state index in [2.05, 4.69) is 16.1 Å². The van der Waals surface area contributed by atoms with E-state index < -0.39 is 11.8 Å². The molecule has 0 fully saturated rings. The Morgan fingerprint density at radius 2 is 2.16 bits per heavy atom. The van der Waals surface area contributed by atoms with Crippen LogP contribution in [0, 0.1) is 5.82 Å². The minimum atomic E-state index is -1.20. The molecule has 1 N–H and O–H groups in total. The maximum Gasteiger partial charge on any atom is 0.348 e. The van der Waals surface area contributed by atoms with Gasteiger partial charge in [-0.05, 0) is 12.5 Å². The van der Waals surface area contributed by atoms with Crippen molar-refractivity contribution in [2.45, 2.75) is 6.42 Å². The first-order chi connectivity index (χ1) is 9.09. The third-order valence-electron chi connectivity index (χ3n) is 3.10. The number of benzene rings is 1. The van der Waals surface area contributed by atoms with Gasteiger partial charge >= 0.3 is 5.97 Å². The van der Waals surface area contributed by atoms with Gasteiger partial charge in [0, 0.05) is 38.7 Å². The Labute approximate surface area is 121 Å². The fraction of sp³-hybridized carbons (Fsp3) is 0.154. The van der Waals surface area contributed by atoms with Crippen molar-refractivity contribution >= 4 is 39.1 Å². The van der Waals surface area contributed by atoms with Gasteiger partial charge in [-0.2, -0.15) is 0 Å². The fourth-order valence-electron chi connectivity index (χ4n) is 2.23. The standard InChI is InChI=1S/C13H9BrFNO2S/c14-16-6-5-8-10(15)12(13(17)18)19-11(8)7-3-1-2-4-9(7)16/h1-4H,5-6H2,(H,17,18). The number of aromatic carboxylic acids is 1. The number of hydrogen-bond acceptors (Lipinski definition) is 3. The molecule has 1 aliphatic rings. The highest BCUT2D eigenvalue weighted by Gasteiger charge is 2.27. The van der Waals surface area contributed by atoms with E-state index in [0.29, 0.717) is 23.4 Å². The van der Waals surface area contributed by atoms with Gasteiger partial charge in [-0.3, -0.25) is 0 Å². The highest BCUT2D eigenvalue weighted by Crippen LogP contribution is 2.43. The first-order valence-corrected chi connectivity index (χ1v) is 7.19. The zero-order chi connectivity index (χ0) is 13.6. The molecule has 2 aromatic rings. The molecule has 6 heteroatoms. The summed E-state index contributed by atoms with van der Waals surface area (Å²) in [6.07, 6.45) is 0.477. The number of thiophene rings is 1. The number of carboxylic acids is 1. The normalized spacial score (nSPS) is 13.7. The largest absolute Gasteiger partial charge is 0.477 e. The van der Waals surface area contributed by atoms with Gasteiger partial charge in [-0.25, -0.2) is 9.18 Å². The van der Waals surface area contributed by atoms with E-state index in [9.17, 15) is 9.18 Å². The van der Waals surface area contributed by atoms with Crippen LogP contribution < -0.4 is 3.93 Å². The number of rotatable bonds is 1. The molecule has 2 heterocycles. The van der Waals surface area contributed by atoms with E-state index in [0.717, 1.165) is 22.6 Å². The lowest BCUT2D eigenvalue weighted by Gasteiger charge is -2.15. The Morgan fingerprint density at radius 1 is 1.42 bits per heavy atom. The van der Waals surface area contributed by atoms with Crippen LogP contribution >= 0.6 is 27.5 Å². The number of para-hydroxylation sites is 1. The number of carbonyl (C=O) groups is 1. The Kier molecular flexibility index (Phi) is 3.06. The van der Waals surface area contributed by atoms with Gasteiger partial charge in [-0.15, -0.1) is 11.3 Å². The van der Waals surface area contributed by atoms with Crippen molar-refractivity contribution in [1.82, 2.24) is 0 Å². The molecule has 0 unspecified atom stereocenters. The van der Waals surface area contributed by atoms with Crippen molar-refractivity contribution in [1.29, 1.82) is 0 Å². The van der Waals surface area contributed by atoms with Crippen LogP contribution in [0.2, 0.25) is 0 Å². The van der Waals surface area contributed by atoms with Gasteiger partial charge in [0.25, 0.3) is 0 Å². The first-order valence-electron chi connectivity index (χ1n) is 5.66. The van der Waals surface area contributed by atoms with Crippen LogP contribution in [0.5, 0.6) is 0 Å². The summed E-state index contributed by atoms with van der Waals surface area (Å²) in [6, 6.07) is 7.58. The molecule has 0 amide bonds. The third-order valence-corrected chi connectivity index (χ3v) is 5.07. The molecule has 0 saturated heterocycles. The monoisotopic (exact) mass is 341 g/mol. The van der Waals surface area contributed by atoms with Crippen LogP contribution in [0.15, 0.2) is 24.3 Å². The summed E-state index contributed by atoms with van der Waals surface area (Å²) < 4.78 is 16.0. The average molecular weight is 342 g/mol. The van der Waals surface area contributed by atoms with Crippen molar-refractivity contribution in [3.8, 4) is 10.4 Å². The van der Waals surface area contributed by atoms with Crippen LogP contribution in [0.1, 0.15) is 15.2 Å². The van der Waals surface area contributed by atoms with Crippen molar-refractivity contribution < 1.29 is 14.3 Å². The van der Waals surface area contributed by atoms with Crippen LogP contribution in [-0.2, 0) is 6.42 Å². The zero-order valence-electron chi connectivity index (χ0n) is 9.69. The molecule has 0 radical (unpaired) electrons. The van der Waals surface area contributed by atoms with Gasteiger partial charge < -0.3 is 9.03 Å². The van der Waals surface area contributed by atoms with E-state index in [4.69, 9.17) is 5.11 Å². The third kappa shape index (κ3) is 1.95. The summed E-state index contributed by atoms with van der Waals surface area (Å²) in [5, 5.41) is 9.04. The molecule has 0 spiro atoms. The zero-order valence-corrected chi connectivity index (χ0v) is 12.1. The predicted octanol–water partition coefficient (Wildman–Crippen LogP) is 3.92. The van der Waals surface area contributed by atoms with E-state index >= 15 is 0 Å². The number of halogens is 2.